The van der Waals surface area contributed by atoms with Crippen LogP contribution in [0.3, 0.4) is 0 Å². The molecule has 1 aliphatic carbocycles. The summed E-state index contributed by atoms with van der Waals surface area (Å²) in [5, 5.41) is 11.2. The molecule has 1 aliphatic rings. The van der Waals surface area contributed by atoms with E-state index in [1.165, 1.54) is 17.7 Å². The Kier molecular flexibility index (Phi) is 4.15. The first-order valence-electron chi connectivity index (χ1n) is 7.62. The molecule has 0 fully saturated rings. The SMILES string of the molecule is Cc1cc([N+](=O)[O-])c(S(=O)(=O)NCC2Cc3ccccc32)cc1C. The third kappa shape index (κ3) is 2.92. The Morgan fingerprint density at radius 2 is 1.88 bits per heavy atom. The Morgan fingerprint density at radius 1 is 1.21 bits per heavy atom. The molecule has 0 bridgehead atoms. The summed E-state index contributed by atoms with van der Waals surface area (Å²) in [5.74, 6) is 0.113. The van der Waals surface area contributed by atoms with Gasteiger partial charge in [-0.1, -0.05) is 24.3 Å². The zero-order valence-electron chi connectivity index (χ0n) is 13.4. The maximum atomic E-state index is 12.6. The number of aryl methyl sites for hydroxylation is 2. The van der Waals surface area contributed by atoms with Gasteiger partial charge in [0.2, 0.25) is 10.0 Å². The Labute approximate surface area is 140 Å². The summed E-state index contributed by atoms with van der Waals surface area (Å²) in [4.78, 5) is 10.3. The minimum absolute atomic E-state index is 0.113. The molecule has 0 spiro atoms. The standard InChI is InChI=1S/C17H18N2O4S/c1-11-7-16(19(20)21)17(8-12(11)2)24(22,23)18-10-14-9-13-5-3-4-6-15(13)14/h3-8,14,18H,9-10H2,1-2H3. The van der Waals surface area contributed by atoms with Gasteiger partial charge in [-0.15, -0.1) is 0 Å². The van der Waals surface area contributed by atoms with Crippen LogP contribution in [0.25, 0.3) is 0 Å². The summed E-state index contributed by atoms with van der Waals surface area (Å²) in [7, 11) is -3.94. The highest BCUT2D eigenvalue weighted by molar-refractivity contribution is 7.89. The van der Waals surface area contributed by atoms with Crippen LogP contribution in [0.4, 0.5) is 5.69 Å². The molecule has 1 unspecified atom stereocenters. The minimum Gasteiger partial charge on any atom is -0.258 e. The van der Waals surface area contributed by atoms with Gasteiger partial charge in [-0.25, -0.2) is 13.1 Å². The van der Waals surface area contributed by atoms with Crippen molar-refractivity contribution in [2.75, 3.05) is 6.54 Å². The highest BCUT2D eigenvalue weighted by atomic mass is 32.2. The van der Waals surface area contributed by atoms with Crippen molar-refractivity contribution in [2.24, 2.45) is 0 Å². The summed E-state index contributed by atoms with van der Waals surface area (Å²) in [6.07, 6.45) is 0.813. The second kappa shape index (κ2) is 5.99. The van der Waals surface area contributed by atoms with Crippen molar-refractivity contribution >= 4 is 15.7 Å². The first kappa shape index (κ1) is 16.6. The molecule has 6 nitrogen and oxygen atoms in total. The fourth-order valence-corrected chi connectivity index (χ4v) is 4.28. The maximum absolute atomic E-state index is 12.6. The minimum atomic E-state index is -3.94. The number of hydrogen-bond donors (Lipinski definition) is 1. The van der Waals surface area contributed by atoms with Crippen LogP contribution < -0.4 is 4.72 Å². The Hall–Kier alpha value is -2.25. The predicted molar refractivity (Wildman–Crippen MR) is 90.6 cm³/mol. The first-order valence-corrected chi connectivity index (χ1v) is 9.11. The molecule has 2 aromatic rings. The monoisotopic (exact) mass is 346 g/mol. The molecule has 0 saturated carbocycles. The normalized spacial score (nSPS) is 16.3. The Bertz CT molecular complexity index is 922. The fourth-order valence-electron chi connectivity index (χ4n) is 2.97. The topological polar surface area (TPSA) is 89.3 Å². The number of hydrogen-bond acceptors (Lipinski definition) is 4. The van der Waals surface area contributed by atoms with Gasteiger partial charge in [-0.3, -0.25) is 10.1 Å². The van der Waals surface area contributed by atoms with Gasteiger partial charge >= 0.3 is 0 Å². The highest BCUT2D eigenvalue weighted by Crippen LogP contribution is 2.34. The van der Waals surface area contributed by atoms with E-state index in [-0.39, 0.29) is 23.0 Å². The average Bonchev–Trinajstić information content (AvgIpc) is 2.50. The Balaban J connectivity index is 1.84. The van der Waals surface area contributed by atoms with Gasteiger partial charge in [0, 0.05) is 18.5 Å². The highest BCUT2D eigenvalue weighted by Gasteiger charge is 2.30. The lowest BCUT2D eigenvalue weighted by molar-refractivity contribution is -0.387. The number of nitro groups is 1. The summed E-state index contributed by atoms with van der Waals surface area (Å²) >= 11 is 0. The van der Waals surface area contributed by atoms with Crippen molar-refractivity contribution in [1.29, 1.82) is 0 Å². The quantitative estimate of drug-likeness (QED) is 0.666. The van der Waals surface area contributed by atoms with Gasteiger partial charge < -0.3 is 0 Å². The third-order valence-electron chi connectivity index (χ3n) is 4.54. The van der Waals surface area contributed by atoms with E-state index >= 15 is 0 Å². The molecular formula is C17H18N2O4S. The zero-order chi connectivity index (χ0) is 17.5. The lowest BCUT2D eigenvalue weighted by Gasteiger charge is -2.30. The van der Waals surface area contributed by atoms with Crippen LogP contribution in [0, 0.1) is 24.0 Å². The van der Waals surface area contributed by atoms with Crippen LogP contribution in [-0.4, -0.2) is 19.9 Å². The number of benzene rings is 2. The van der Waals surface area contributed by atoms with Crippen molar-refractivity contribution in [3.05, 3.63) is 68.8 Å². The smallest absolute Gasteiger partial charge is 0.258 e. The number of sulfonamides is 1. The fraction of sp³-hybridized carbons (Fsp3) is 0.294. The first-order chi connectivity index (χ1) is 11.3. The summed E-state index contributed by atoms with van der Waals surface area (Å²) < 4.78 is 27.7. The maximum Gasteiger partial charge on any atom is 0.289 e. The number of nitrogens with one attached hydrogen (secondary N) is 1. The largest absolute Gasteiger partial charge is 0.289 e. The van der Waals surface area contributed by atoms with Crippen LogP contribution in [0.2, 0.25) is 0 Å². The second-order valence-corrected chi connectivity index (χ2v) is 7.85. The van der Waals surface area contributed by atoms with Gasteiger partial charge in [0.15, 0.2) is 4.90 Å². The number of fused-ring (bicyclic) bond motifs is 1. The van der Waals surface area contributed by atoms with Crippen LogP contribution >= 0.6 is 0 Å². The second-order valence-electron chi connectivity index (χ2n) is 6.11. The average molecular weight is 346 g/mol. The molecule has 1 N–H and O–H groups in total. The van der Waals surface area contributed by atoms with Gasteiger partial charge in [0.1, 0.15) is 0 Å². The molecule has 0 aromatic heterocycles. The van der Waals surface area contributed by atoms with E-state index in [0.717, 1.165) is 12.0 Å². The van der Waals surface area contributed by atoms with Crippen molar-refractivity contribution in [3.8, 4) is 0 Å². The molecule has 7 heteroatoms. The van der Waals surface area contributed by atoms with Crippen LogP contribution in [-0.2, 0) is 16.4 Å². The van der Waals surface area contributed by atoms with Crippen LogP contribution in [0.1, 0.15) is 28.2 Å². The lowest BCUT2D eigenvalue weighted by Crippen LogP contribution is -2.33. The van der Waals surface area contributed by atoms with Crippen molar-refractivity contribution < 1.29 is 13.3 Å². The van der Waals surface area contributed by atoms with Crippen LogP contribution in [0.15, 0.2) is 41.3 Å². The zero-order valence-corrected chi connectivity index (χ0v) is 14.3. The molecule has 0 aliphatic heterocycles. The predicted octanol–water partition coefficient (Wildman–Crippen LogP) is 2.83. The molecule has 126 valence electrons. The van der Waals surface area contributed by atoms with Crippen LogP contribution in [0.5, 0.6) is 0 Å². The Morgan fingerprint density at radius 3 is 2.54 bits per heavy atom. The van der Waals surface area contributed by atoms with E-state index < -0.39 is 14.9 Å². The lowest BCUT2D eigenvalue weighted by atomic mass is 9.78. The van der Waals surface area contributed by atoms with E-state index in [0.29, 0.717) is 11.1 Å². The molecule has 24 heavy (non-hydrogen) atoms. The molecule has 3 rings (SSSR count). The van der Waals surface area contributed by atoms with Gasteiger partial charge in [-0.05, 0) is 48.6 Å². The molecule has 0 amide bonds. The third-order valence-corrected chi connectivity index (χ3v) is 6.00. The number of nitro benzene ring substituents is 1. The number of nitrogens with zero attached hydrogens (tertiary/aromatic N) is 1. The number of rotatable bonds is 5. The molecule has 0 heterocycles. The van der Waals surface area contributed by atoms with E-state index in [2.05, 4.69) is 4.72 Å². The van der Waals surface area contributed by atoms with E-state index in [4.69, 9.17) is 0 Å². The molecule has 2 aromatic carbocycles. The summed E-state index contributed by atoms with van der Waals surface area (Å²) in [6, 6.07) is 10.6. The van der Waals surface area contributed by atoms with Gasteiger partial charge in [0.05, 0.1) is 4.92 Å². The molecule has 0 radical (unpaired) electrons. The summed E-state index contributed by atoms with van der Waals surface area (Å²) in [5.41, 5.74) is 3.36. The molecule has 0 saturated heterocycles. The molecular weight excluding hydrogens is 328 g/mol. The molecule has 1 atom stereocenters. The van der Waals surface area contributed by atoms with Gasteiger partial charge in [0.25, 0.3) is 5.69 Å². The summed E-state index contributed by atoms with van der Waals surface area (Å²) in [6.45, 7) is 3.70. The van der Waals surface area contributed by atoms with Gasteiger partial charge in [-0.2, -0.15) is 0 Å². The van der Waals surface area contributed by atoms with Crippen molar-refractivity contribution in [1.82, 2.24) is 4.72 Å². The van der Waals surface area contributed by atoms with Crippen molar-refractivity contribution in [2.45, 2.75) is 31.1 Å². The van der Waals surface area contributed by atoms with Crippen molar-refractivity contribution in [3.63, 3.8) is 0 Å². The van der Waals surface area contributed by atoms with E-state index in [1.807, 2.05) is 24.3 Å². The van der Waals surface area contributed by atoms with E-state index in [9.17, 15) is 18.5 Å². The van der Waals surface area contributed by atoms with E-state index in [1.54, 1.807) is 13.8 Å².